The molecule has 2 aromatic rings. The van der Waals surface area contributed by atoms with Crippen LogP contribution >= 0.6 is 19.2 Å². The summed E-state index contributed by atoms with van der Waals surface area (Å²) in [5.74, 6) is 1.72. The first-order valence-electron chi connectivity index (χ1n) is 8.16. The molecule has 2 N–H and O–H groups in total. The van der Waals surface area contributed by atoms with Crippen LogP contribution in [0.1, 0.15) is 19.3 Å². The van der Waals surface area contributed by atoms with Gasteiger partial charge in [0.15, 0.2) is 5.75 Å². The van der Waals surface area contributed by atoms with Crippen molar-refractivity contribution in [1.82, 2.24) is 9.97 Å². The molecule has 0 amide bonds. The average molecular weight is 386 g/mol. The zero-order valence-corrected chi connectivity index (χ0v) is 15.6. The highest BCUT2D eigenvalue weighted by atomic mass is 35.5. The first-order valence-corrected chi connectivity index (χ1v) is 10.3. The molecule has 1 saturated heterocycles. The zero-order chi connectivity index (χ0) is 18.0. The molecule has 7 nitrogen and oxygen atoms in total. The van der Waals surface area contributed by atoms with E-state index in [1.807, 2.05) is 6.07 Å². The highest BCUT2D eigenvalue weighted by Gasteiger charge is 2.24. The standard InChI is InChI=1S/C16H21ClN3O4P/c1-24-15-13(17)3-2-12-14(15)18-10-19-16(12)20-7-4-11(5-8-20)6-9-25(21,22)23/h2-3,10-11H,4-9H2,1H3,(H2,21,22,23). The monoisotopic (exact) mass is 385 g/mol. The molecule has 1 fully saturated rings. The number of anilines is 1. The topological polar surface area (TPSA) is 95.8 Å². The van der Waals surface area contributed by atoms with E-state index in [2.05, 4.69) is 14.9 Å². The van der Waals surface area contributed by atoms with Crippen LogP contribution in [0.15, 0.2) is 18.5 Å². The average Bonchev–Trinajstić information content (AvgIpc) is 2.59. The van der Waals surface area contributed by atoms with Crippen LogP contribution in [0.4, 0.5) is 5.82 Å². The van der Waals surface area contributed by atoms with E-state index in [-0.39, 0.29) is 6.16 Å². The number of hydrogen-bond donors (Lipinski definition) is 2. The summed E-state index contributed by atoms with van der Waals surface area (Å²) in [5.41, 5.74) is 0.684. The molecular weight excluding hydrogens is 365 g/mol. The number of benzene rings is 1. The first kappa shape index (κ1) is 18.4. The number of hydrogen-bond acceptors (Lipinski definition) is 5. The maximum absolute atomic E-state index is 11.0. The van der Waals surface area contributed by atoms with Crippen molar-refractivity contribution in [2.24, 2.45) is 5.92 Å². The normalized spacial score (nSPS) is 16.4. The lowest BCUT2D eigenvalue weighted by Crippen LogP contribution is -2.34. The summed E-state index contributed by atoms with van der Waals surface area (Å²) in [6.45, 7) is 1.59. The Morgan fingerprint density at radius 3 is 2.68 bits per heavy atom. The van der Waals surface area contributed by atoms with Gasteiger partial charge in [-0.25, -0.2) is 9.97 Å². The number of fused-ring (bicyclic) bond motifs is 1. The fourth-order valence-corrected chi connectivity index (χ4v) is 4.23. The minimum Gasteiger partial charge on any atom is -0.493 e. The smallest absolute Gasteiger partial charge is 0.325 e. The molecule has 1 aliphatic heterocycles. The highest BCUT2D eigenvalue weighted by molar-refractivity contribution is 7.51. The quantitative estimate of drug-likeness (QED) is 0.763. The predicted molar refractivity (Wildman–Crippen MR) is 97.6 cm³/mol. The molecule has 2 heterocycles. The Morgan fingerprint density at radius 1 is 1.32 bits per heavy atom. The summed E-state index contributed by atoms with van der Waals surface area (Å²) in [7, 11) is -2.35. The second kappa shape index (κ2) is 7.46. The Morgan fingerprint density at radius 2 is 2.04 bits per heavy atom. The fourth-order valence-electron chi connectivity index (χ4n) is 3.30. The predicted octanol–water partition coefficient (Wildman–Crippen LogP) is 3.08. The number of ether oxygens (including phenoxy) is 1. The molecule has 0 radical (unpaired) electrons. The van der Waals surface area contributed by atoms with Crippen molar-refractivity contribution in [1.29, 1.82) is 0 Å². The molecule has 0 atom stereocenters. The summed E-state index contributed by atoms with van der Waals surface area (Å²) < 4.78 is 16.4. The minimum atomic E-state index is -3.91. The molecular formula is C16H21ClN3O4P. The third-order valence-corrected chi connectivity index (χ3v) is 5.78. The van der Waals surface area contributed by atoms with Crippen molar-refractivity contribution in [2.45, 2.75) is 19.3 Å². The first-order chi connectivity index (χ1) is 11.9. The van der Waals surface area contributed by atoms with E-state index in [4.69, 9.17) is 26.1 Å². The third-order valence-electron chi connectivity index (χ3n) is 4.64. The van der Waals surface area contributed by atoms with E-state index in [9.17, 15) is 4.57 Å². The number of halogens is 1. The van der Waals surface area contributed by atoms with Gasteiger partial charge < -0.3 is 19.4 Å². The van der Waals surface area contributed by atoms with Crippen molar-refractivity contribution in [3.8, 4) is 5.75 Å². The van der Waals surface area contributed by atoms with Gasteiger partial charge in [-0.3, -0.25) is 4.57 Å². The van der Waals surface area contributed by atoms with Crippen LogP contribution in [0.25, 0.3) is 10.9 Å². The van der Waals surface area contributed by atoms with Gasteiger partial charge in [-0.15, -0.1) is 0 Å². The third kappa shape index (κ3) is 4.23. The van der Waals surface area contributed by atoms with E-state index in [0.717, 1.165) is 37.1 Å². The lowest BCUT2D eigenvalue weighted by Gasteiger charge is -2.33. The molecule has 1 aromatic carbocycles. The lowest BCUT2D eigenvalue weighted by atomic mass is 9.94. The molecule has 3 rings (SSSR count). The van der Waals surface area contributed by atoms with E-state index in [1.165, 1.54) is 6.33 Å². The Labute approximate surface area is 151 Å². The lowest BCUT2D eigenvalue weighted by molar-refractivity contribution is 0.350. The Kier molecular flexibility index (Phi) is 5.49. The second-order valence-electron chi connectivity index (χ2n) is 6.28. The Hall–Kier alpha value is -1.40. The molecule has 0 unspecified atom stereocenters. The zero-order valence-electron chi connectivity index (χ0n) is 13.9. The fraction of sp³-hybridized carbons (Fsp3) is 0.500. The van der Waals surface area contributed by atoms with Gasteiger partial charge in [0, 0.05) is 18.5 Å². The van der Waals surface area contributed by atoms with Crippen molar-refractivity contribution in [3.63, 3.8) is 0 Å². The maximum Gasteiger partial charge on any atom is 0.325 e. The largest absolute Gasteiger partial charge is 0.493 e. The van der Waals surface area contributed by atoms with E-state index >= 15 is 0 Å². The molecule has 0 saturated carbocycles. The Balaban J connectivity index is 1.77. The number of methoxy groups -OCH3 is 1. The van der Waals surface area contributed by atoms with E-state index in [0.29, 0.717) is 28.6 Å². The maximum atomic E-state index is 11.0. The van der Waals surface area contributed by atoms with Crippen molar-refractivity contribution in [2.75, 3.05) is 31.3 Å². The minimum absolute atomic E-state index is 0.0379. The highest BCUT2D eigenvalue weighted by Crippen LogP contribution is 2.39. The second-order valence-corrected chi connectivity index (χ2v) is 8.47. The molecule has 1 aromatic heterocycles. The van der Waals surface area contributed by atoms with E-state index < -0.39 is 7.60 Å². The molecule has 0 bridgehead atoms. The van der Waals surface area contributed by atoms with Crippen LogP contribution in [0.2, 0.25) is 5.02 Å². The number of rotatable bonds is 5. The summed E-state index contributed by atoms with van der Waals surface area (Å²) in [4.78, 5) is 29.0. The Bertz CT molecular complexity index is 805. The van der Waals surface area contributed by atoms with Crippen molar-refractivity contribution in [3.05, 3.63) is 23.5 Å². The van der Waals surface area contributed by atoms with Crippen molar-refractivity contribution >= 4 is 35.9 Å². The molecule has 25 heavy (non-hydrogen) atoms. The molecule has 1 aliphatic rings. The molecule has 9 heteroatoms. The molecule has 0 aliphatic carbocycles. The van der Waals surface area contributed by atoms with Gasteiger partial charge in [0.2, 0.25) is 0 Å². The summed E-state index contributed by atoms with van der Waals surface area (Å²) in [5, 5.41) is 1.40. The molecule has 136 valence electrons. The van der Waals surface area contributed by atoms with Gasteiger partial charge in [-0.05, 0) is 37.3 Å². The van der Waals surface area contributed by atoms with Crippen molar-refractivity contribution < 1.29 is 19.1 Å². The van der Waals surface area contributed by atoms with Crippen LogP contribution in [0, 0.1) is 5.92 Å². The number of aromatic nitrogens is 2. The van der Waals surface area contributed by atoms with Crippen LogP contribution in [0.5, 0.6) is 5.75 Å². The van der Waals surface area contributed by atoms with Crippen LogP contribution < -0.4 is 9.64 Å². The van der Waals surface area contributed by atoms with Gasteiger partial charge >= 0.3 is 7.60 Å². The van der Waals surface area contributed by atoms with E-state index in [1.54, 1.807) is 13.2 Å². The van der Waals surface area contributed by atoms with Crippen LogP contribution in [-0.4, -0.2) is 46.1 Å². The summed E-state index contributed by atoms with van der Waals surface area (Å²) in [6.07, 6.45) is 3.80. The summed E-state index contributed by atoms with van der Waals surface area (Å²) >= 11 is 6.17. The molecule has 0 spiro atoms. The van der Waals surface area contributed by atoms with Crippen LogP contribution in [-0.2, 0) is 4.57 Å². The van der Waals surface area contributed by atoms with Gasteiger partial charge in [0.1, 0.15) is 17.7 Å². The van der Waals surface area contributed by atoms with Gasteiger partial charge in [0.25, 0.3) is 0 Å². The van der Waals surface area contributed by atoms with Gasteiger partial charge in [0.05, 0.1) is 18.3 Å². The number of piperidine rings is 1. The SMILES string of the molecule is COc1c(Cl)ccc2c(N3CCC(CCP(=O)(O)O)CC3)ncnc12. The van der Waals surface area contributed by atoms with Gasteiger partial charge in [-0.1, -0.05) is 11.6 Å². The summed E-state index contributed by atoms with van der Waals surface area (Å²) in [6, 6.07) is 3.68. The van der Waals surface area contributed by atoms with Gasteiger partial charge in [-0.2, -0.15) is 0 Å². The van der Waals surface area contributed by atoms with Crippen LogP contribution in [0.3, 0.4) is 0 Å². The number of nitrogens with zero attached hydrogens (tertiary/aromatic N) is 3.